The molecule has 1 aliphatic heterocycles. The molecule has 0 bridgehead atoms. The van der Waals surface area contributed by atoms with Crippen LogP contribution in [-0.4, -0.2) is 57.0 Å². The number of nitrogens with zero attached hydrogens (tertiary/aromatic N) is 4. The van der Waals surface area contributed by atoms with Gasteiger partial charge in [0.25, 0.3) is 5.91 Å². The highest BCUT2D eigenvalue weighted by Crippen LogP contribution is 2.25. The minimum atomic E-state index is 0. The standard InChI is InChI=1S/C14H20N6O.ClH/c1-9-13(10(2)19(3)18-9)11-8-12(17-16-11)14(21)20-6-4-15-5-7-20;/h8,15H,4-7H2,1-3H3,(H,16,17);1H. The van der Waals surface area contributed by atoms with Crippen molar-refractivity contribution in [2.24, 2.45) is 7.05 Å². The number of carbonyl (C=O) groups excluding carboxylic acids is 1. The monoisotopic (exact) mass is 324 g/mol. The number of hydrogen-bond donors (Lipinski definition) is 2. The second-order valence-corrected chi connectivity index (χ2v) is 5.38. The molecule has 0 spiro atoms. The van der Waals surface area contributed by atoms with Crippen LogP contribution in [0.1, 0.15) is 21.9 Å². The summed E-state index contributed by atoms with van der Waals surface area (Å²) in [4.78, 5) is 14.3. The number of H-pyrrole nitrogens is 1. The maximum Gasteiger partial charge on any atom is 0.271 e. The highest BCUT2D eigenvalue weighted by Gasteiger charge is 2.21. The Bertz CT molecular complexity index is 671. The van der Waals surface area contributed by atoms with E-state index in [0.29, 0.717) is 5.69 Å². The van der Waals surface area contributed by atoms with E-state index < -0.39 is 0 Å². The molecule has 0 aromatic carbocycles. The summed E-state index contributed by atoms with van der Waals surface area (Å²) in [6, 6.07) is 1.82. The van der Waals surface area contributed by atoms with Gasteiger partial charge in [0.1, 0.15) is 5.69 Å². The van der Waals surface area contributed by atoms with Crippen LogP contribution in [0, 0.1) is 13.8 Å². The van der Waals surface area contributed by atoms with Crippen LogP contribution in [0.3, 0.4) is 0 Å². The molecule has 0 saturated carbocycles. The molecular weight excluding hydrogens is 304 g/mol. The average molecular weight is 325 g/mol. The Labute approximate surface area is 135 Å². The van der Waals surface area contributed by atoms with E-state index in [1.54, 1.807) is 0 Å². The summed E-state index contributed by atoms with van der Waals surface area (Å²) in [6.45, 7) is 7.11. The molecule has 3 rings (SSSR count). The highest BCUT2D eigenvalue weighted by atomic mass is 35.5. The Balaban J connectivity index is 0.00000176. The minimum absolute atomic E-state index is 0. The number of nitrogens with one attached hydrogen (secondary N) is 2. The molecule has 1 amide bonds. The first-order valence-corrected chi connectivity index (χ1v) is 7.14. The first-order chi connectivity index (χ1) is 10.1. The Morgan fingerprint density at radius 1 is 1.27 bits per heavy atom. The van der Waals surface area contributed by atoms with Crippen molar-refractivity contribution in [1.29, 1.82) is 0 Å². The van der Waals surface area contributed by atoms with Gasteiger partial charge in [-0.25, -0.2) is 0 Å². The Morgan fingerprint density at radius 3 is 2.55 bits per heavy atom. The summed E-state index contributed by atoms with van der Waals surface area (Å²) in [5.41, 5.74) is 4.27. The molecule has 120 valence electrons. The van der Waals surface area contributed by atoms with Crippen molar-refractivity contribution >= 4 is 18.3 Å². The number of halogens is 1. The van der Waals surface area contributed by atoms with Gasteiger partial charge in [-0.2, -0.15) is 10.2 Å². The van der Waals surface area contributed by atoms with Gasteiger partial charge in [-0.3, -0.25) is 14.6 Å². The fraction of sp³-hybridized carbons (Fsp3) is 0.500. The number of aromatic amines is 1. The van der Waals surface area contributed by atoms with Crippen LogP contribution in [0.5, 0.6) is 0 Å². The SMILES string of the molecule is Cc1nn(C)c(C)c1-c1cc(C(=O)N2CCNCC2)[nH]n1.Cl. The molecule has 0 aliphatic carbocycles. The lowest BCUT2D eigenvalue weighted by atomic mass is 10.1. The molecule has 0 unspecified atom stereocenters. The third-order valence-electron chi connectivity index (χ3n) is 3.98. The van der Waals surface area contributed by atoms with Gasteiger partial charge in [0.15, 0.2) is 0 Å². The number of amides is 1. The van der Waals surface area contributed by atoms with E-state index in [1.807, 2.05) is 36.5 Å². The lowest BCUT2D eigenvalue weighted by Gasteiger charge is -2.26. The molecule has 2 aromatic heterocycles. The minimum Gasteiger partial charge on any atom is -0.335 e. The molecule has 8 heteroatoms. The second-order valence-electron chi connectivity index (χ2n) is 5.38. The largest absolute Gasteiger partial charge is 0.335 e. The van der Waals surface area contributed by atoms with Crippen molar-refractivity contribution < 1.29 is 4.79 Å². The fourth-order valence-electron chi connectivity index (χ4n) is 2.74. The van der Waals surface area contributed by atoms with Crippen molar-refractivity contribution in [2.45, 2.75) is 13.8 Å². The van der Waals surface area contributed by atoms with E-state index in [-0.39, 0.29) is 18.3 Å². The molecule has 2 N–H and O–H groups in total. The van der Waals surface area contributed by atoms with E-state index in [9.17, 15) is 4.79 Å². The maximum atomic E-state index is 12.4. The van der Waals surface area contributed by atoms with Crippen molar-refractivity contribution in [3.05, 3.63) is 23.1 Å². The predicted octanol–water partition coefficient (Wildman–Crippen LogP) is 0.894. The van der Waals surface area contributed by atoms with Crippen molar-refractivity contribution in [2.75, 3.05) is 26.2 Å². The van der Waals surface area contributed by atoms with E-state index in [0.717, 1.165) is 48.8 Å². The van der Waals surface area contributed by atoms with E-state index in [1.165, 1.54) is 0 Å². The number of rotatable bonds is 2. The van der Waals surface area contributed by atoms with Gasteiger partial charge >= 0.3 is 0 Å². The van der Waals surface area contributed by atoms with Crippen LogP contribution in [0.4, 0.5) is 0 Å². The Hall–Kier alpha value is -1.86. The van der Waals surface area contributed by atoms with Crippen molar-refractivity contribution in [3.8, 4) is 11.3 Å². The molecule has 0 atom stereocenters. The van der Waals surface area contributed by atoms with Crippen molar-refractivity contribution in [1.82, 2.24) is 30.2 Å². The van der Waals surface area contributed by atoms with Gasteiger partial charge in [-0.15, -0.1) is 12.4 Å². The Morgan fingerprint density at radius 2 is 1.95 bits per heavy atom. The number of aromatic nitrogens is 4. The molecule has 0 radical (unpaired) electrons. The zero-order valence-corrected chi connectivity index (χ0v) is 13.8. The quantitative estimate of drug-likeness (QED) is 0.860. The summed E-state index contributed by atoms with van der Waals surface area (Å²) in [5.74, 6) is 0.00875. The molecular formula is C14H21ClN6O. The van der Waals surface area contributed by atoms with E-state index in [4.69, 9.17) is 0 Å². The van der Waals surface area contributed by atoms with Crippen LogP contribution in [-0.2, 0) is 7.05 Å². The van der Waals surface area contributed by atoms with Crippen LogP contribution in [0.2, 0.25) is 0 Å². The normalized spacial score (nSPS) is 14.8. The predicted molar refractivity (Wildman–Crippen MR) is 86.3 cm³/mol. The second kappa shape index (κ2) is 6.50. The number of hydrogen-bond acceptors (Lipinski definition) is 4. The highest BCUT2D eigenvalue weighted by molar-refractivity contribution is 5.93. The van der Waals surface area contributed by atoms with Gasteiger partial charge in [-0.05, 0) is 19.9 Å². The van der Waals surface area contributed by atoms with Gasteiger partial charge in [0.05, 0.1) is 11.4 Å². The van der Waals surface area contributed by atoms with Crippen LogP contribution >= 0.6 is 12.4 Å². The molecule has 7 nitrogen and oxygen atoms in total. The Kier molecular flexibility index (Phi) is 4.87. The smallest absolute Gasteiger partial charge is 0.271 e. The molecule has 3 heterocycles. The van der Waals surface area contributed by atoms with E-state index >= 15 is 0 Å². The first-order valence-electron chi connectivity index (χ1n) is 7.14. The summed E-state index contributed by atoms with van der Waals surface area (Å²) >= 11 is 0. The van der Waals surface area contributed by atoms with E-state index in [2.05, 4.69) is 20.6 Å². The third-order valence-corrected chi connectivity index (χ3v) is 3.98. The zero-order chi connectivity index (χ0) is 15.0. The molecule has 1 aliphatic rings. The van der Waals surface area contributed by atoms with Crippen LogP contribution < -0.4 is 5.32 Å². The topological polar surface area (TPSA) is 78.8 Å². The van der Waals surface area contributed by atoms with Gasteiger partial charge in [-0.1, -0.05) is 0 Å². The van der Waals surface area contributed by atoms with Crippen LogP contribution in [0.15, 0.2) is 6.07 Å². The van der Waals surface area contributed by atoms with Crippen LogP contribution in [0.25, 0.3) is 11.3 Å². The summed E-state index contributed by atoms with van der Waals surface area (Å²) in [5, 5.41) is 14.8. The number of piperazine rings is 1. The number of aryl methyl sites for hydroxylation is 2. The molecule has 2 aromatic rings. The maximum absolute atomic E-state index is 12.4. The first kappa shape index (κ1) is 16.5. The molecule has 1 fully saturated rings. The lowest BCUT2D eigenvalue weighted by Crippen LogP contribution is -2.46. The summed E-state index contributed by atoms with van der Waals surface area (Å²) in [7, 11) is 1.91. The molecule has 22 heavy (non-hydrogen) atoms. The van der Waals surface area contributed by atoms with Gasteiger partial charge in [0.2, 0.25) is 0 Å². The van der Waals surface area contributed by atoms with Gasteiger partial charge < -0.3 is 10.2 Å². The molecule has 1 saturated heterocycles. The lowest BCUT2D eigenvalue weighted by molar-refractivity contribution is 0.0730. The summed E-state index contributed by atoms with van der Waals surface area (Å²) < 4.78 is 1.83. The summed E-state index contributed by atoms with van der Waals surface area (Å²) in [6.07, 6.45) is 0. The zero-order valence-electron chi connectivity index (χ0n) is 13.0. The van der Waals surface area contributed by atoms with Gasteiger partial charge in [0, 0.05) is 44.5 Å². The third kappa shape index (κ3) is 2.86. The number of carbonyl (C=O) groups is 1. The van der Waals surface area contributed by atoms with Crippen molar-refractivity contribution in [3.63, 3.8) is 0 Å². The fourth-order valence-corrected chi connectivity index (χ4v) is 2.74. The average Bonchev–Trinajstić information content (AvgIpc) is 3.05.